The molecule has 0 heterocycles. The molecule has 2 rings (SSSR count). The van der Waals surface area contributed by atoms with E-state index in [-0.39, 0.29) is 16.7 Å². The first-order chi connectivity index (χ1) is 9.77. The topological polar surface area (TPSA) is 49.3 Å². The van der Waals surface area contributed by atoms with E-state index in [2.05, 4.69) is 5.32 Å². The highest BCUT2D eigenvalue weighted by Gasteiger charge is 2.17. The van der Waals surface area contributed by atoms with Gasteiger partial charge in [0.15, 0.2) is 0 Å². The largest absolute Gasteiger partial charge is 0.506 e. The molecule has 4 heteroatoms. The normalized spacial score (nSPS) is 11.2. The van der Waals surface area contributed by atoms with Gasteiger partial charge in [0.05, 0.1) is 5.69 Å². The van der Waals surface area contributed by atoms with Crippen molar-refractivity contribution in [3.8, 4) is 5.75 Å². The van der Waals surface area contributed by atoms with Gasteiger partial charge in [-0.25, -0.2) is 4.39 Å². The summed E-state index contributed by atoms with van der Waals surface area (Å²) in [5.74, 6) is -0.959. The monoisotopic (exact) mass is 287 g/mol. The average molecular weight is 287 g/mol. The van der Waals surface area contributed by atoms with E-state index in [1.54, 1.807) is 12.1 Å². The van der Waals surface area contributed by atoms with E-state index in [4.69, 9.17) is 0 Å². The van der Waals surface area contributed by atoms with E-state index < -0.39 is 11.7 Å². The molecule has 3 nitrogen and oxygen atoms in total. The summed E-state index contributed by atoms with van der Waals surface area (Å²) in [5, 5.41) is 12.5. The molecule has 0 aliphatic rings. The number of nitrogens with one attached hydrogen (secondary N) is 1. The molecular weight excluding hydrogens is 269 g/mol. The van der Waals surface area contributed by atoms with Crippen LogP contribution in [-0.4, -0.2) is 11.0 Å². The van der Waals surface area contributed by atoms with Gasteiger partial charge in [-0.1, -0.05) is 32.9 Å². The summed E-state index contributed by atoms with van der Waals surface area (Å²) in [6.07, 6.45) is 0. The third-order valence-electron chi connectivity index (χ3n) is 3.20. The van der Waals surface area contributed by atoms with Crippen LogP contribution in [0.25, 0.3) is 0 Å². The molecule has 0 aliphatic carbocycles. The van der Waals surface area contributed by atoms with Crippen molar-refractivity contribution in [1.82, 2.24) is 0 Å². The first kappa shape index (κ1) is 15.0. The smallest absolute Gasteiger partial charge is 0.255 e. The number of carbonyl (C=O) groups excluding carboxylic acids is 1. The SMILES string of the molecule is CC(C)(C)c1ccc(O)c(NC(=O)c2cccc(F)c2)c1. The number of aromatic hydroxyl groups is 1. The van der Waals surface area contributed by atoms with E-state index in [9.17, 15) is 14.3 Å². The highest BCUT2D eigenvalue weighted by Crippen LogP contribution is 2.30. The van der Waals surface area contributed by atoms with Crippen LogP contribution in [0, 0.1) is 5.82 Å². The number of phenolic OH excluding ortho intramolecular Hbond substituents is 1. The first-order valence-corrected chi connectivity index (χ1v) is 6.68. The minimum absolute atomic E-state index is 0.0206. The number of benzene rings is 2. The number of halogens is 1. The fourth-order valence-corrected chi connectivity index (χ4v) is 1.93. The summed E-state index contributed by atoms with van der Waals surface area (Å²) in [4.78, 5) is 12.1. The second kappa shape index (κ2) is 5.56. The predicted octanol–water partition coefficient (Wildman–Crippen LogP) is 4.08. The van der Waals surface area contributed by atoms with Crippen molar-refractivity contribution in [3.63, 3.8) is 0 Å². The lowest BCUT2D eigenvalue weighted by Crippen LogP contribution is -2.15. The zero-order chi connectivity index (χ0) is 15.6. The molecule has 21 heavy (non-hydrogen) atoms. The maximum atomic E-state index is 13.1. The second-order valence-electron chi connectivity index (χ2n) is 5.95. The quantitative estimate of drug-likeness (QED) is 0.818. The molecule has 2 N–H and O–H groups in total. The van der Waals surface area contributed by atoms with Crippen LogP contribution in [0.1, 0.15) is 36.7 Å². The summed E-state index contributed by atoms with van der Waals surface area (Å²) in [5.41, 5.74) is 1.40. The molecule has 0 aliphatic heterocycles. The highest BCUT2D eigenvalue weighted by atomic mass is 19.1. The van der Waals surface area contributed by atoms with Crippen LogP contribution >= 0.6 is 0 Å². The van der Waals surface area contributed by atoms with Gasteiger partial charge in [-0.15, -0.1) is 0 Å². The molecule has 0 atom stereocenters. The molecule has 0 bridgehead atoms. The van der Waals surface area contributed by atoms with Gasteiger partial charge < -0.3 is 10.4 Å². The number of carbonyl (C=O) groups is 1. The zero-order valence-electron chi connectivity index (χ0n) is 12.3. The Labute approximate surface area is 123 Å². The van der Waals surface area contributed by atoms with Gasteiger partial charge in [-0.05, 0) is 41.3 Å². The third-order valence-corrected chi connectivity index (χ3v) is 3.20. The van der Waals surface area contributed by atoms with E-state index >= 15 is 0 Å². The summed E-state index contributed by atoms with van der Waals surface area (Å²) in [6, 6.07) is 10.5. The Kier molecular flexibility index (Phi) is 3.98. The molecule has 0 spiro atoms. The molecule has 2 aromatic rings. The Morgan fingerprint density at radius 3 is 2.48 bits per heavy atom. The Morgan fingerprint density at radius 2 is 1.86 bits per heavy atom. The molecule has 0 aromatic heterocycles. The van der Waals surface area contributed by atoms with E-state index in [1.807, 2.05) is 26.8 Å². The van der Waals surface area contributed by atoms with Crippen LogP contribution < -0.4 is 5.32 Å². The van der Waals surface area contributed by atoms with Crippen LogP contribution in [0.15, 0.2) is 42.5 Å². The van der Waals surface area contributed by atoms with Gasteiger partial charge >= 0.3 is 0 Å². The van der Waals surface area contributed by atoms with Crippen molar-refractivity contribution in [3.05, 3.63) is 59.4 Å². The van der Waals surface area contributed by atoms with Gasteiger partial charge in [-0.2, -0.15) is 0 Å². The number of phenols is 1. The fraction of sp³-hybridized carbons (Fsp3) is 0.235. The van der Waals surface area contributed by atoms with Crippen LogP contribution in [0.5, 0.6) is 5.75 Å². The molecule has 0 fully saturated rings. The number of anilines is 1. The van der Waals surface area contributed by atoms with Crippen molar-refractivity contribution < 1.29 is 14.3 Å². The first-order valence-electron chi connectivity index (χ1n) is 6.68. The number of hydrogen-bond donors (Lipinski definition) is 2. The van der Waals surface area contributed by atoms with Crippen molar-refractivity contribution in [2.24, 2.45) is 0 Å². The van der Waals surface area contributed by atoms with E-state index in [0.717, 1.165) is 11.6 Å². The van der Waals surface area contributed by atoms with Gasteiger partial charge in [0, 0.05) is 5.56 Å². The van der Waals surface area contributed by atoms with Crippen molar-refractivity contribution >= 4 is 11.6 Å². The molecular formula is C17H18FNO2. The van der Waals surface area contributed by atoms with Crippen LogP contribution in [0.3, 0.4) is 0 Å². The zero-order valence-corrected chi connectivity index (χ0v) is 12.3. The minimum atomic E-state index is -0.477. The highest BCUT2D eigenvalue weighted by molar-refractivity contribution is 6.05. The molecule has 2 aromatic carbocycles. The van der Waals surface area contributed by atoms with E-state index in [1.165, 1.54) is 18.2 Å². The summed E-state index contributed by atoms with van der Waals surface area (Å²) in [7, 11) is 0. The minimum Gasteiger partial charge on any atom is -0.506 e. The lowest BCUT2D eigenvalue weighted by atomic mass is 9.87. The molecule has 0 radical (unpaired) electrons. The lowest BCUT2D eigenvalue weighted by molar-refractivity contribution is 0.102. The Bertz CT molecular complexity index is 675. The van der Waals surface area contributed by atoms with Crippen LogP contribution in [-0.2, 0) is 5.41 Å². The predicted molar refractivity (Wildman–Crippen MR) is 81.2 cm³/mol. The maximum Gasteiger partial charge on any atom is 0.255 e. The number of amides is 1. The van der Waals surface area contributed by atoms with Crippen LogP contribution in [0.2, 0.25) is 0 Å². The summed E-state index contributed by atoms with van der Waals surface area (Å²) < 4.78 is 13.1. The van der Waals surface area contributed by atoms with Crippen LogP contribution in [0.4, 0.5) is 10.1 Å². The average Bonchev–Trinajstić information content (AvgIpc) is 2.40. The molecule has 110 valence electrons. The maximum absolute atomic E-state index is 13.1. The summed E-state index contributed by atoms with van der Waals surface area (Å²) in [6.45, 7) is 6.12. The Balaban J connectivity index is 2.29. The van der Waals surface area contributed by atoms with Crippen molar-refractivity contribution in [2.45, 2.75) is 26.2 Å². The molecule has 0 unspecified atom stereocenters. The van der Waals surface area contributed by atoms with Gasteiger partial charge in [0.2, 0.25) is 0 Å². The van der Waals surface area contributed by atoms with Crippen molar-refractivity contribution in [1.29, 1.82) is 0 Å². The standard InChI is InChI=1S/C17H18FNO2/c1-17(2,3)12-7-8-15(20)14(10-12)19-16(21)11-5-4-6-13(18)9-11/h4-10,20H,1-3H3,(H,19,21). The summed E-state index contributed by atoms with van der Waals surface area (Å²) >= 11 is 0. The Morgan fingerprint density at radius 1 is 1.14 bits per heavy atom. The number of hydrogen-bond acceptors (Lipinski definition) is 2. The third kappa shape index (κ3) is 3.60. The van der Waals surface area contributed by atoms with Crippen molar-refractivity contribution in [2.75, 3.05) is 5.32 Å². The van der Waals surface area contributed by atoms with Gasteiger partial charge in [0.25, 0.3) is 5.91 Å². The van der Waals surface area contributed by atoms with Gasteiger partial charge in [0.1, 0.15) is 11.6 Å². The Hall–Kier alpha value is -2.36. The lowest BCUT2D eigenvalue weighted by Gasteiger charge is -2.20. The van der Waals surface area contributed by atoms with E-state index in [0.29, 0.717) is 5.69 Å². The number of rotatable bonds is 2. The fourth-order valence-electron chi connectivity index (χ4n) is 1.93. The molecule has 0 saturated carbocycles. The molecule has 0 saturated heterocycles. The van der Waals surface area contributed by atoms with Gasteiger partial charge in [-0.3, -0.25) is 4.79 Å². The second-order valence-corrected chi connectivity index (χ2v) is 5.95. The molecule has 1 amide bonds.